The quantitative estimate of drug-likeness (QED) is 0.265. The molecule has 10 heteroatoms. The topological polar surface area (TPSA) is 124 Å². The first-order valence-electron chi connectivity index (χ1n) is 9.54. The summed E-state index contributed by atoms with van der Waals surface area (Å²) in [6.45, 7) is 0.370. The van der Waals surface area contributed by atoms with Crippen molar-refractivity contribution < 1.29 is 29.1 Å². The second-order valence-corrected chi connectivity index (χ2v) is 9.11. The van der Waals surface area contributed by atoms with Gasteiger partial charge in [0.15, 0.2) is 6.04 Å². The van der Waals surface area contributed by atoms with E-state index in [-0.39, 0.29) is 39.5 Å². The van der Waals surface area contributed by atoms with Gasteiger partial charge in [0.1, 0.15) is 11.4 Å². The van der Waals surface area contributed by atoms with Crippen LogP contribution in [0.5, 0.6) is 0 Å². The number of allylic oxidation sites excluding steroid dienone is 1. The Morgan fingerprint density at radius 2 is 2.00 bits per heavy atom. The molecule has 168 valence electrons. The number of thioether (sulfide) groups is 1. The fourth-order valence-electron chi connectivity index (χ4n) is 3.72. The Morgan fingerprint density at radius 1 is 1.35 bits per heavy atom. The highest BCUT2D eigenvalue weighted by Gasteiger charge is 2.49. The number of carboxylic acids is 2. The van der Waals surface area contributed by atoms with E-state index in [1.807, 2.05) is 44.4 Å². The van der Waals surface area contributed by atoms with Crippen LogP contribution in [0.15, 0.2) is 53.8 Å². The third-order valence-electron chi connectivity index (χ3n) is 5.53. The summed E-state index contributed by atoms with van der Waals surface area (Å²) < 4.78 is 0.179. The number of hydrogen-bond donors (Lipinski definition) is 2. The van der Waals surface area contributed by atoms with Crippen molar-refractivity contribution >= 4 is 53.6 Å². The third kappa shape index (κ3) is 5.30. The van der Waals surface area contributed by atoms with Gasteiger partial charge in [-0.15, -0.1) is 35.7 Å². The lowest BCUT2D eigenvalue weighted by Crippen LogP contribution is -2.69. The van der Waals surface area contributed by atoms with E-state index in [1.165, 1.54) is 16.7 Å². The van der Waals surface area contributed by atoms with Crippen LogP contribution in [0, 0.1) is 0 Å². The van der Waals surface area contributed by atoms with E-state index in [4.69, 9.17) is 5.73 Å². The molecule has 3 N–H and O–H groups in total. The van der Waals surface area contributed by atoms with E-state index in [1.54, 1.807) is 12.2 Å². The molecule has 1 aromatic carbocycles. The van der Waals surface area contributed by atoms with Crippen LogP contribution in [-0.4, -0.2) is 76.2 Å². The van der Waals surface area contributed by atoms with Gasteiger partial charge in [-0.1, -0.05) is 36.4 Å². The van der Waals surface area contributed by atoms with Crippen molar-refractivity contribution in [2.45, 2.75) is 23.9 Å². The minimum atomic E-state index is -1.42. The molecule has 2 aliphatic rings. The lowest BCUT2D eigenvalue weighted by Gasteiger charge is -2.49. The summed E-state index contributed by atoms with van der Waals surface area (Å²) in [6, 6.07) is 8.05. The van der Waals surface area contributed by atoms with Crippen molar-refractivity contribution in [2.24, 2.45) is 5.73 Å². The molecule has 2 aliphatic heterocycles. The molecule has 0 aromatic heterocycles. The van der Waals surface area contributed by atoms with Crippen LogP contribution in [-0.2, 0) is 20.8 Å². The van der Waals surface area contributed by atoms with Crippen LogP contribution >= 0.6 is 35.7 Å². The highest BCUT2D eigenvalue weighted by atomic mass is 127. The van der Waals surface area contributed by atoms with Gasteiger partial charge in [0.25, 0.3) is 0 Å². The number of aliphatic carboxylic acids is 2. The number of quaternary nitrogens is 1. The second-order valence-electron chi connectivity index (χ2n) is 8.00. The zero-order valence-electron chi connectivity index (χ0n) is 17.3. The van der Waals surface area contributed by atoms with Crippen molar-refractivity contribution in [1.29, 1.82) is 0 Å². The van der Waals surface area contributed by atoms with Gasteiger partial charge >= 0.3 is 5.97 Å². The molecular formula is C21H26IN3O5S. The maximum absolute atomic E-state index is 12.0. The van der Waals surface area contributed by atoms with Gasteiger partial charge in [0, 0.05) is 12.2 Å². The maximum atomic E-state index is 12.0. The van der Waals surface area contributed by atoms with Gasteiger partial charge in [-0.25, -0.2) is 4.79 Å². The van der Waals surface area contributed by atoms with Crippen LogP contribution in [0.3, 0.4) is 0 Å². The summed E-state index contributed by atoms with van der Waals surface area (Å²) in [7, 11) is 3.65. The molecule has 0 radical (unpaired) electrons. The Labute approximate surface area is 202 Å². The molecule has 1 aromatic rings. The predicted molar refractivity (Wildman–Crippen MR) is 126 cm³/mol. The number of nitrogens with two attached hydrogens (primary N) is 1. The molecule has 8 nitrogen and oxygen atoms in total. The number of benzene rings is 1. The minimum Gasteiger partial charge on any atom is -0.543 e. The number of likely N-dealkylation sites (N-methyl/N-ethyl adjacent to an activating group) is 1. The van der Waals surface area contributed by atoms with Gasteiger partial charge in [0.2, 0.25) is 5.91 Å². The van der Waals surface area contributed by atoms with E-state index in [0.717, 1.165) is 5.56 Å². The van der Waals surface area contributed by atoms with Crippen LogP contribution in [0.25, 0.3) is 0 Å². The molecule has 1 fully saturated rings. The van der Waals surface area contributed by atoms with Crippen molar-refractivity contribution in [3.63, 3.8) is 0 Å². The number of halogens is 1. The molecular weight excluding hydrogens is 533 g/mol. The standard InChI is InChI=1S/C21H25N3O5S.HI/c1-24(2,15(20(26)27)11-13-7-4-3-5-8-13)10-6-9-14-12-30-19-16(22)18(25)23(19)17(14)21(28)29;/h3-9,15-16,19H,10-12,22H2,1-2H3,(H-,26,27,28,29);1H/t15-,16+,19+;/m0./s1. The first kappa shape index (κ1) is 25.4. The van der Waals surface area contributed by atoms with Crippen LogP contribution in [0.2, 0.25) is 0 Å². The van der Waals surface area contributed by atoms with E-state index < -0.39 is 29.9 Å². The zero-order valence-corrected chi connectivity index (χ0v) is 20.4. The van der Waals surface area contributed by atoms with Crippen LogP contribution in [0.1, 0.15) is 5.56 Å². The summed E-state index contributed by atoms with van der Waals surface area (Å²) in [4.78, 5) is 36.7. The first-order valence-corrected chi connectivity index (χ1v) is 10.6. The highest BCUT2D eigenvalue weighted by Crippen LogP contribution is 2.39. The first-order chi connectivity index (χ1) is 14.1. The van der Waals surface area contributed by atoms with Gasteiger partial charge in [-0.3, -0.25) is 9.69 Å². The van der Waals surface area contributed by atoms with E-state index >= 15 is 0 Å². The highest BCUT2D eigenvalue weighted by molar-refractivity contribution is 14.0. The fraction of sp³-hybridized carbons (Fsp3) is 0.381. The minimum absolute atomic E-state index is 0. The molecule has 1 amide bonds. The fourth-order valence-corrected chi connectivity index (χ4v) is 4.99. The molecule has 3 atom stereocenters. The third-order valence-corrected chi connectivity index (χ3v) is 6.85. The number of nitrogens with zero attached hydrogens (tertiary/aromatic N) is 2. The van der Waals surface area contributed by atoms with Gasteiger partial charge in [-0.05, 0) is 17.2 Å². The SMILES string of the molecule is C[N+](C)(CC=CC1=C(C(=O)[O-])N2C(=O)[C@@H](N)[C@H]2SC1)[C@@H](Cc1ccccc1)C(=O)O.I. The zero-order chi connectivity index (χ0) is 22.1. The monoisotopic (exact) mass is 559 g/mol. The van der Waals surface area contributed by atoms with Crippen molar-refractivity contribution in [3.8, 4) is 0 Å². The molecule has 0 unspecified atom stereocenters. The Kier molecular flexibility index (Phi) is 8.31. The average Bonchev–Trinajstić information content (AvgIpc) is 2.71. The summed E-state index contributed by atoms with van der Waals surface area (Å²) in [5.74, 6) is -2.35. The van der Waals surface area contributed by atoms with Gasteiger partial charge in [0.05, 0.1) is 32.3 Å². The van der Waals surface area contributed by atoms with Gasteiger partial charge in [-0.2, -0.15) is 0 Å². The molecule has 31 heavy (non-hydrogen) atoms. The lowest BCUT2D eigenvalue weighted by atomic mass is 10.0. The number of carbonyl (C=O) groups excluding carboxylic acids is 2. The van der Waals surface area contributed by atoms with Crippen molar-refractivity contribution in [1.82, 2.24) is 4.90 Å². The Bertz CT molecular complexity index is 919. The smallest absolute Gasteiger partial charge is 0.362 e. The number of fused-ring (bicyclic) bond motifs is 1. The summed E-state index contributed by atoms with van der Waals surface area (Å²) in [6.07, 6.45) is 3.78. The number of rotatable bonds is 8. The summed E-state index contributed by atoms with van der Waals surface area (Å²) >= 11 is 1.41. The van der Waals surface area contributed by atoms with Crippen molar-refractivity contribution in [3.05, 3.63) is 59.3 Å². The molecule has 1 saturated heterocycles. The average molecular weight is 559 g/mol. The van der Waals surface area contributed by atoms with E-state index in [9.17, 15) is 24.6 Å². The Morgan fingerprint density at radius 3 is 2.58 bits per heavy atom. The maximum Gasteiger partial charge on any atom is 0.362 e. The number of β-lactam (4-membered cyclic amide) rings is 1. The van der Waals surface area contributed by atoms with Crippen LogP contribution in [0.4, 0.5) is 0 Å². The Hall–Kier alpha value is -1.89. The molecule has 0 aliphatic carbocycles. The summed E-state index contributed by atoms with van der Waals surface area (Å²) in [5, 5.41) is 21.0. The molecule has 0 spiro atoms. The number of hydrogen-bond acceptors (Lipinski definition) is 6. The Balaban J connectivity index is 0.00000341. The number of amides is 1. The lowest BCUT2D eigenvalue weighted by molar-refractivity contribution is -0.900. The normalized spacial score (nSPS) is 21.9. The van der Waals surface area contributed by atoms with E-state index in [0.29, 0.717) is 24.3 Å². The molecule has 0 saturated carbocycles. The number of carbonyl (C=O) groups is 3. The predicted octanol–water partition coefficient (Wildman–Crippen LogP) is 0.179. The van der Waals surface area contributed by atoms with Crippen LogP contribution < -0.4 is 10.8 Å². The van der Waals surface area contributed by atoms with E-state index in [2.05, 4.69) is 0 Å². The molecule has 3 rings (SSSR count). The van der Waals surface area contributed by atoms with Crippen molar-refractivity contribution in [2.75, 3.05) is 26.4 Å². The van der Waals surface area contributed by atoms with Gasteiger partial charge < -0.3 is 25.2 Å². The molecule has 0 bridgehead atoms. The number of carboxylic acid groups (broad SMARTS) is 2. The summed E-state index contributed by atoms with van der Waals surface area (Å²) in [5.41, 5.74) is 6.99. The molecule has 2 heterocycles. The largest absolute Gasteiger partial charge is 0.543 e. The second kappa shape index (κ2) is 10.2.